The van der Waals surface area contributed by atoms with Gasteiger partial charge in [0.25, 0.3) is 0 Å². The van der Waals surface area contributed by atoms with Crippen LogP contribution in [0.2, 0.25) is 0 Å². The van der Waals surface area contributed by atoms with Crippen LogP contribution < -0.4 is 0 Å². The quantitative estimate of drug-likeness (QED) is 0.643. The molecular formula is C9H8Cl4O2S. The van der Waals surface area contributed by atoms with Gasteiger partial charge < -0.3 is 0 Å². The van der Waals surface area contributed by atoms with Crippen molar-refractivity contribution < 1.29 is 8.42 Å². The van der Waals surface area contributed by atoms with E-state index in [-0.39, 0.29) is 37.9 Å². The number of fused-ring (bicyclic) bond motifs is 5. The first kappa shape index (κ1) is 11.9. The summed E-state index contributed by atoms with van der Waals surface area (Å²) in [5.41, 5.74) is 0. The van der Waals surface area contributed by atoms with Gasteiger partial charge in [0, 0.05) is 5.92 Å². The first-order valence-corrected chi connectivity index (χ1v) is 8.12. The third-order valence-electron chi connectivity index (χ3n) is 3.99. The van der Waals surface area contributed by atoms with Crippen LogP contribution in [0.25, 0.3) is 0 Å². The van der Waals surface area contributed by atoms with Gasteiger partial charge in [0.15, 0.2) is 9.84 Å². The Morgan fingerprint density at radius 3 is 2.25 bits per heavy atom. The Morgan fingerprint density at radius 2 is 1.62 bits per heavy atom. The topological polar surface area (TPSA) is 34.1 Å². The second-order valence-electron chi connectivity index (χ2n) is 4.61. The molecule has 0 radical (unpaired) electrons. The summed E-state index contributed by atoms with van der Waals surface area (Å²) in [7, 11) is -3.47. The highest BCUT2D eigenvalue weighted by molar-refractivity contribution is 7.97. The van der Waals surface area contributed by atoms with Crippen molar-refractivity contribution in [2.75, 3.05) is 0 Å². The molecule has 0 aromatic carbocycles. The zero-order chi connectivity index (χ0) is 11.8. The number of halogens is 4. The van der Waals surface area contributed by atoms with Crippen molar-refractivity contribution in [3.63, 3.8) is 0 Å². The van der Waals surface area contributed by atoms with Gasteiger partial charge in [-0.3, -0.25) is 0 Å². The molecule has 16 heavy (non-hydrogen) atoms. The van der Waals surface area contributed by atoms with Crippen molar-refractivity contribution in [2.45, 2.75) is 22.4 Å². The Hall–Kier alpha value is 0.850. The smallest absolute Gasteiger partial charge is 0.194 e. The van der Waals surface area contributed by atoms with E-state index in [1.54, 1.807) is 0 Å². The minimum Gasteiger partial charge on any atom is -0.222 e. The second kappa shape index (κ2) is 3.45. The zero-order valence-electron chi connectivity index (χ0n) is 7.91. The van der Waals surface area contributed by atoms with Gasteiger partial charge >= 0.3 is 0 Å². The molecule has 0 N–H and O–H groups in total. The largest absolute Gasteiger partial charge is 0.222 e. The number of rotatable bonds is 0. The van der Waals surface area contributed by atoms with Gasteiger partial charge in [-0.1, -0.05) is 23.2 Å². The third-order valence-corrected chi connectivity index (χ3v) is 8.89. The van der Waals surface area contributed by atoms with E-state index in [0.29, 0.717) is 0 Å². The summed E-state index contributed by atoms with van der Waals surface area (Å²) in [5, 5.41) is -0.794. The fourth-order valence-corrected chi connectivity index (χ4v) is 7.58. The summed E-state index contributed by atoms with van der Waals surface area (Å²) in [4.78, 5) is 0. The van der Waals surface area contributed by atoms with Crippen molar-refractivity contribution in [3.8, 4) is 0 Å². The van der Waals surface area contributed by atoms with Gasteiger partial charge in [-0.15, -0.1) is 23.2 Å². The van der Waals surface area contributed by atoms with E-state index in [0.717, 1.165) is 6.42 Å². The van der Waals surface area contributed by atoms with Crippen LogP contribution in [0.5, 0.6) is 0 Å². The summed E-state index contributed by atoms with van der Waals surface area (Å²) < 4.78 is 23.9. The van der Waals surface area contributed by atoms with E-state index in [1.165, 1.54) is 0 Å². The highest BCUT2D eigenvalue weighted by Gasteiger charge is 2.65. The number of hydrogen-bond acceptors (Lipinski definition) is 2. The molecule has 3 rings (SSSR count). The van der Waals surface area contributed by atoms with Crippen molar-refractivity contribution in [1.29, 1.82) is 0 Å². The highest BCUT2D eigenvalue weighted by Crippen LogP contribution is 2.62. The lowest BCUT2D eigenvalue weighted by Gasteiger charge is -2.31. The van der Waals surface area contributed by atoms with Crippen molar-refractivity contribution >= 4 is 56.2 Å². The first-order chi connectivity index (χ1) is 7.37. The molecule has 2 fully saturated rings. The average molecular weight is 322 g/mol. The van der Waals surface area contributed by atoms with Gasteiger partial charge in [-0.25, -0.2) is 8.42 Å². The predicted octanol–water partition coefficient (Wildman–Crippen LogP) is 2.91. The maximum Gasteiger partial charge on any atom is 0.194 e. The fourth-order valence-electron chi connectivity index (χ4n) is 3.36. The SMILES string of the molecule is O=S1(=O)C(Cl)=C(Cl)C2C3CC(C(Cl)C3Cl)C21. The summed E-state index contributed by atoms with van der Waals surface area (Å²) in [6.07, 6.45) is 0.733. The molecule has 6 atom stereocenters. The van der Waals surface area contributed by atoms with Gasteiger partial charge in [0.1, 0.15) is 4.36 Å². The molecule has 7 heteroatoms. The van der Waals surface area contributed by atoms with E-state index in [2.05, 4.69) is 0 Å². The van der Waals surface area contributed by atoms with Gasteiger partial charge in [0.05, 0.1) is 21.0 Å². The maximum absolute atomic E-state index is 12.1. The van der Waals surface area contributed by atoms with Crippen LogP contribution in [0.1, 0.15) is 6.42 Å². The van der Waals surface area contributed by atoms with E-state index >= 15 is 0 Å². The normalized spacial score (nSPS) is 53.5. The lowest BCUT2D eigenvalue weighted by atomic mass is 9.88. The van der Waals surface area contributed by atoms with Crippen LogP contribution in [0.4, 0.5) is 0 Å². The Morgan fingerprint density at radius 1 is 1.06 bits per heavy atom. The Bertz CT molecular complexity index is 486. The molecule has 2 aliphatic carbocycles. The van der Waals surface area contributed by atoms with Crippen molar-refractivity contribution in [3.05, 3.63) is 9.40 Å². The molecule has 0 spiro atoms. The van der Waals surface area contributed by atoms with E-state index in [1.807, 2.05) is 0 Å². The van der Waals surface area contributed by atoms with Crippen LogP contribution in [0.15, 0.2) is 9.40 Å². The van der Waals surface area contributed by atoms with Gasteiger partial charge in [-0.2, -0.15) is 0 Å². The standard InChI is InChI=1S/C9H8Cl4O2S/c10-5-2-1-3(6(5)11)8-4(2)7(12)9(13)16(8,14)15/h2-6,8H,1H2. The van der Waals surface area contributed by atoms with E-state index < -0.39 is 15.1 Å². The molecule has 2 bridgehead atoms. The molecule has 2 nitrogen and oxygen atoms in total. The van der Waals surface area contributed by atoms with Crippen molar-refractivity contribution in [2.24, 2.45) is 17.8 Å². The predicted molar refractivity (Wildman–Crippen MR) is 65.8 cm³/mol. The minimum absolute atomic E-state index is 0.0395. The van der Waals surface area contributed by atoms with Gasteiger partial charge in [-0.05, 0) is 18.3 Å². The first-order valence-electron chi connectivity index (χ1n) is 4.94. The maximum atomic E-state index is 12.1. The molecule has 1 heterocycles. The van der Waals surface area contributed by atoms with Crippen LogP contribution >= 0.6 is 46.4 Å². The zero-order valence-corrected chi connectivity index (χ0v) is 11.7. The van der Waals surface area contributed by atoms with Crippen LogP contribution in [-0.4, -0.2) is 24.4 Å². The Balaban J connectivity index is 2.14. The summed E-state index contributed by atoms with van der Waals surface area (Å²) >= 11 is 24.1. The van der Waals surface area contributed by atoms with Crippen molar-refractivity contribution in [1.82, 2.24) is 0 Å². The molecule has 6 unspecified atom stereocenters. The number of sulfone groups is 1. The Labute approximate surface area is 114 Å². The Kier molecular flexibility index (Phi) is 2.57. The molecule has 2 saturated carbocycles. The summed E-state index contributed by atoms with van der Waals surface area (Å²) in [6, 6.07) is 0. The second-order valence-corrected chi connectivity index (χ2v) is 8.67. The number of hydrogen-bond donors (Lipinski definition) is 0. The summed E-state index contributed by atoms with van der Waals surface area (Å²) in [6.45, 7) is 0. The van der Waals surface area contributed by atoms with Crippen LogP contribution in [0.3, 0.4) is 0 Å². The highest BCUT2D eigenvalue weighted by atomic mass is 35.5. The van der Waals surface area contributed by atoms with Crippen LogP contribution in [0, 0.1) is 17.8 Å². The lowest BCUT2D eigenvalue weighted by Crippen LogP contribution is -2.41. The van der Waals surface area contributed by atoms with Crippen LogP contribution in [-0.2, 0) is 9.84 Å². The minimum atomic E-state index is -3.47. The molecule has 90 valence electrons. The monoisotopic (exact) mass is 320 g/mol. The van der Waals surface area contributed by atoms with Gasteiger partial charge in [0.2, 0.25) is 0 Å². The third kappa shape index (κ3) is 1.19. The summed E-state index contributed by atoms with van der Waals surface area (Å²) in [5.74, 6) is -0.312. The molecule has 3 aliphatic rings. The molecule has 0 aromatic rings. The number of alkyl halides is 2. The average Bonchev–Trinajstić information content (AvgIpc) is 2.79. The number of allylic oxidation sites excluding steroid dienone is 1. The fraction of sp³-hybridized carbons (Fsp3) is 0.778. The molecule has 0 amide bonds. The van der Waals surface area contributed by atoms with E-state index in [4.69, 9.17) is 46.4 Å². The molecular weight excluding hydrogens is 314 g/mol. The lowest BCUT2D eigenvalue weighted by molar-refractivity contribution is 0.404. The molecule has 0 saturated heterocycles. The molecule has 1 aliphatic heterocycles. The van der Waals surface area contributed by atoms with E-state index in [9.17, 15) is 8.42 Å². The molecule has 0 aromatic heterocycles.